The number of ketones is 1. The third-order valence-electron chi connectivity index (χ3n) is 22.4. The van der Waals surface area contributed by atoms with E-state index < -0.39 is 156 Å². The summed E-state index contributed by atoms with van der Waals surface area (Å²) in [6, 6.07) is 6.46. The van der Waals surface area contributed by atoms with Crippen molar-refractivity contribution in [3.05, 3.63) is 93.6 Å². The van der Waals surface area contributed by atoms with Gasteiger partial charge in [0.25, 0.3) is 10.2 Å². The van der Waals surface area contributed by atoms with Gasteiger partial charge in [-0.25, -0.2) is 52.2 Å². The van der Waals surface area contributed by atoms with Gasteiger partial charge in [-0.05, 0) is 73.6 Å². The topological polar surface area (TPSA) is 438 Å². The molecule has 4 aliphatic heterocycles. The van der Waals surface area contributed by atoms with Crippen LogP contribution in [0.4, 0.5) is 9.59 Å². The lowest BCUT2D eigenvalue weighted by molar-refractivity contribution is -0.146. The highest BCUT2D eigenvalue weighted by atomic mass is 32.2. The maximum Gasteiger partial charge on any atom is 0.408 e. The molecule has 6 aromatic rings. The molecular formula is C85H117N13O21S4. The van der Waals surface area contributed by atoms with Crippen LogP contribution in [0.25, 0.3) is 44.6 Å². The van der Waals surface area contributed by atoms with E-state index in [0.717, 1.165) is 42.6 Å². The van der Waals surface area contributed by atoms with Gasteiger partial charge in [0, 0.05) is 123 Å². The van der Waals surface area contributed by atoms with Gasteiger partial charge in [-0.2, -0.15) is 12.7 Å². The summed E-state index contributed by atoms with van der Waals surface area (Å²) >= 11 is 3.12. The monoisotopic (exact) mass is 1780 g/mol. The zero-order valence-electron chi connectivity index (χ0n) is 73.1. The molecule has 2 saturated carbocycles. The second-order valence-electron chi connectivity index (χ2n) is 35.3. The minimum atomic E-state index is -3.96. The molecule has 2 unspecified atom stereocenters. The van der Waals surface area contributed by atoms with E-state index in [9.17, 15) is 60.3 Å². The molecule has 7 N–H and O–H groups in total. The number of carboxylic acids is 1. The first-order chi connectivity index (χ1) is 57.6. The molecule has 123 heavy (non-hydrogen) atoms. The third-order valence-corrected chi connectivity index (χ3v) is 26.9. The Kier molecular flexibility index (Phi) is 30.3. The molecule has 4 aromatic heterocycles. The summed E-state index contributed by atoms with van der Waals surface area (Å²) < 4.78 is 94.2. The highest BCUT2D eigenvalue weighted by Crippen LogP contribution is 2.48. The molecule has 6 fully saturated rings. The van der Waals surface area contributed by atoms with Crippen LogP contribution in [0.5, 0.6) is 23.0 Å². The van der Waals surface area contributed by atoms with E-state index >= 15 is 0 Å². The Morgan fingerprint density at radius 2 is 1.00 bits per heavy atom. The minimum absolute atomic E-state index is 0.000836. The van der Waals surface area contributed by atoms with Crippen molar-refractivity contribution in [2.45, 2.75) is 194 Å². The predicted molar refractivity (Wildman–Crippen MR) is 464 cm³/mol. The smallest absolute Gasteiger partial charge is 0.408 e. The highest BCUT2D eigenvalue weighted by Gasteiger charge is 2.63. The van der Waals surface area contributed by atoms with Crippen LogP contribution in [0, 0.1) is 48.3 Å². The van der Waals surface area contributed by atoms with Gasteiger partial charge < -0.3 is 74.1 Å². The molecule has 8 heterocycles. The second kappa shape index (κ2) is 38.9. The van der Waals surface area contributed by atoms with Gasteiger partial charge >= 0.3 is 18.2 Å². The number of ether oxygens (including phenoxy) is 8. The summed E-state index contributed by atoms with van der Waals surface area (Å²) in [6.45, 7) is 32.0. The number of benzene rings is 2. The predicted octanol–water partition coefficient (Wildman–Crippen LogP) is 8.72. The molecular weight excluding hydrogens is 1670 g/mol. The molecule has 12 rings (SSSR count). The van der Waals surface area contributed by atoms with E-state index in [4.69, 9.17) is 57.8 Å². The summed E-state index contributed by atoms with van der Waals surface area (Å²) in [4.78, 5) is 133. The molecule has 6 amide bonds. The van der Waals surface area contributed by atoms with Gasteiger partial charge in [0.15, 0.2) is 5.78 Å². The quantitative estimate of drug-likeness (QED) is 0.0229. The number of carbonyl (C=O) groups is 8. The van der Waals surface area contributed by atoms with Crippen LogP contribution in [-0.4, -0.2) is 255 Å². The van der Waals surface area contributed by atoms with Crippen molar-refractivity contribution in [2.24, 2.45) is 39.6 Å². The number of methoxy groups -OCH3 is 2. The van der Waals surface area contributed by atoms with Crippen molar-refractivity contribution < 1.29 is 98.2 Å². The number of rotatable bonds is 30. The van der Waals surface area contributed by atoms with Crippen molar-refractivity contribution in [3.63, 3.8) is 0 Å². The van der Waals surface area contributed by atoms with Gasteiger partial charge in [0.1, 0.15) is 88.4 Å². The number of nitrogens with one attached hydrogen (secondary N) is 4. The number of amides is 6. The highest BCUT2D eigenvalue weighted by molar-refractivity contribution is 7.89. The lowest BCUT2D eigenvalue weighted by Gasteiger charge is -2.35. The normalized spacial score (nSPS) is 23.0. The van der Waals surface area contributed by atoms with E-state index in [2.05, 4.69) is 67.3 Å². The number of carboxylic acid groups (broad SMARTS) is 1. The average Bonchev–Trinajstić information content (AvgIpc) is 1.55. The molecule has 6 aliphatic rings. The Balaban J connectivity index is 0.000000240. The van der Waals surface area contributed by atoms with Gasteiger partial charge in [-0.1, -0.05) is 81.4 Å². The fourth-order valence-electron chi connectivity index (χ4n) is 15.1. The number of nitrogens with zero attached hydrogens (tertiary/aromatic N) is 8. The number of fused-ring (bicyclic) bond motifs is 2. The molecule has 2 aromatic carbocycles. The van der Waals surface area contributed by atoms with Crippen LogP contribution in [0.2, 0.25) is 0 Å². The number of alkyl carbamates (subject to hydrolysis) is 2. The van der Waals surface area contributed by atoms with E-state index in [0.29, 0.717) is 105 Å². The molecule has 4 saturated heterocycles. The van der Waals surface area contributed by atoms with E-state index in [1.54, 1.807) is 78.4 Å². The van der Waals surface area contributed by atoms with E-state index in [1.807, 2.05) is 61.0 Å². The van der Waals surface area contributed by atoms with Gasteiger partial charge in [0.2, 0.25) is 33.7 Å². The fourth-order valence-corrected chi connectivity index (χ4v) is 18.0. The van der Waals surface area contributed by atoms with Gasteiger partial charge in [-0.3, -0.25) is 24.0 Å². The Hall–Kier alpha value is -9.54. The molecule has 34 nitrogen and oxygen atoms in total. The van der Waals surface area contributed by atoms with Gasteiger partial charge in [-0.15, -0.1) is 35.8 Å². The summed E-state index contributed by atoms with van der Waals surface area (Å²) in [5.41, 5.74) is 0.729. The molecule has 12 atom stereocenters. The van der Waals surface area contributed by atoms with Crippen molar-refractivity contribution in [1.82, 2.24) is 59.6 Å². The van der Waals surface area contributed by atoms with Crippen LogP contribution in [0.3, 0.4) is 0 Å². The molecule has 2 aliphatic carbocycles. The van der Waals surface area contributed by atoms with Gasteiger partial charge in [0.05, 0.1) is 97.6 Å². The lowest BCUT2D eigenvalue weighted by atomic mass is 9.85. The Morgan fingerprint density at radius 3 is 1.33 bits per heavy atom. The van der Waals surface area contributed by atoms with E-state index in [-0.39, 0.29) is 52.0 Å². The molecule has 0 radical (unpaired) electrons. The first kappa shape index (κ1) is 95.7. The number of pyridine rings is 2. The first-order valence-electron chi connectivity index (χ1n) is 40.8. The van der Waals surface area contributed by atoms with Crippen molar-refractivity contribution in [3.8, 4) is 45.8 Å². The number of Topliss-reactive ketones (excluding diaryl/α,β-unsaturated/α-hetero) is 1. The Labute approximate surface area is 726 Å². The molecule has 672 valence electrons. The van der Waals surface area contributed by atoms with Crippen molar-refractivity contribution in [1.29, 1.82) is 0 Å². The minimum Gasteiger partial charge on any atom is -0.496 e. The van der Waals surface area contributed by atoms with Crippen LogP contribution in [-0.2, 0) is 80.8 Å². The third kappa shape index (κ3) is 22.8. The van der Waals surface area contributed by atoms with Crippen molar-refractivity contribution in [2.75, 3.05) is 87.7 Å². The summed E-state index contributed by atoms with van der Waals surface area (Å²) in [5, 5.41) is 33.0. The largest absolute Gasteiger partial charge is 0.496 e. The van der Waals surface area contributed by atoms with E-state index in [1.165, 1.54) is 50.1 Å². The van der Waals surface area contributed by atoms with Crippen LogP contribution < -0.4 is 45.4 Å². The summed E-state index contributed by atoms with van der Waals surface area (Å²) in [5.74, 6) is -3.01. The summed E-state index contributed by atoms with van der Waals surface area (Å²) in [6.07, 6.45) is 2.21. The molecule has 0 bridgehead atoms. The number of carbonyl (C=O) groups excluding carboxylic acids is 7. The number of aromatic nitrogens is 4. The number of likely N-dealkylation sites (tertiary alicyclic amines) is 2. The van der Waals surface area contributed by atoms with Crippen LogP contribution >= 0.6 is 22.7 Å². The zero-order chi connectivity index (χ0) is 90.5. The number of nitrogens with two attached hydrogens (primary N) is 1. The Bertz CT molecular complexity index is 5190. The average molecular weight is 1790 g/mol. The first-order valence-corrected chi connectivity index (χ1v) is 45.7. The fraction of sp³-hybridized carbons (Fsp3) is 0.576. The molecule has 38 heteroatoms. The second-order valence-corrected chi connectivity index (χ2v) is 41.1. The number of aryl methyl sites for hydroxylation is 2. The standard InChI is InChI=1S/C43H58N6O10S2.C40H51N5O9S.C2H8N2O2S/c1-11-26-19-43(26,35(50)23-61(54,55)48(8)9)47-39(51)32-17-28(20-49(32)40(52)38(42(5,6)7)46-41(53)59-27-14-15-57-21-27)58-34-18-30(31-22-60-36(44-31)16-24(2)3)45-37-25(4)33(56-10)13-12-29(34)37;1-9-23-17-40(23,37(48)49)44-35(46)29-15-25(18-45(29)36(47)34(39(5,6)7)43-38(50)54-24-12-13-52-19-24)53-31-16-27(28-20-55-32(41-28)14-21(2)3)42-33-22(4)30(51-8)11-10-26(31)33;1-4(2)7(3,5)6/h11-13,18,22,24,26-28,32,38H,1,14-17,19-21,23H2,2-10H3,(H,46,53)(H,47,51);9-11,16,20-21,23-25,29,34H,1,12-15,17-19H2,2-8H3,(H,43,50)(H,44,46)(H,48,49);1-2H3,(H2,3,5,6)/t26?,27-,28+,32-,38+,43+;23?,24-,25+,29-,34+,40+;/m00./s1. The van der Waals surface area contributed by atoms with Crippen molar-refractivity contribution >= 4 is 112 Å². The number of sulfonamides is 1. The number of aliphatic carboxylic acids is 1. The Morgan fingerprint density at radius 1 is 0.610 bits per heavy atom. The van der Waals surface area contributed by atoms with Crippen LogP contribution in [0.15, 0.2) is 72.5 Å². The SMILES string of the molecule is C=CC1C[C@]1(NC(=O)[C@@H]1C[C@@H](Oc2cc(-c3csc(CC(C)C)n3)nc3c(C)c(OC)ccc23)CN1C(=O)[C@@H](NC(=O)O[C@H]1CCOC1)C(C)(C)C)C(=O)CS(=O)(=O)N(C)C.C=CC1C[C@]1(NC(=O)[C@@H]1C[C@@H](Oc2cc(-c3csc(CC(C)C)n3)nc3c(C)c(OC)ccc23)CN1C(=O)[C@@H](NC(=O)O[C@H]1CCOC1)C(C)(C)C)C(=O)O.CN(C)S(N)(=O)=O. The number of hydrogen-bond donors (Lipinski definition) is 6. The lowest BCUT2D eigenvalue weighted by Crippen LogP contribution is -2.59. The number of hydrogen-bond acceptors (Lipinski definition) is 26. The number of thiazole rings is 2. The summed E-state index contributed by atoms with van der Waals surface area (Å²) in [7, 11) is 1.22. The maximum atomic E-state index is 14.8. The molecule has 0 spiro atoms. The van der Waals surface area contributed by atoms with Crippen LogP contribution in [0.1, 0.15) is 129 Å². The zero-order valence-corrected chi connectivity index (χ0v) is 76.4. The maximum absolute atomic E-state index is 14.8.